The largest absolute Gasteiger partial charge is 0.378 e. The molecule has 1 nitrogen and oxygen atoms in total. The van der Waals surface area contributed by atoms with Gasteiger partial charge in [0, 0.05) is 5.69 Å². The molecule has 0 heterocycles. The van der Waals surface area contributed by atoms with Crippen LogP contribution < -0.4 is 5.32 Å². The topological polar surface area (TPSA) is 12.0 Å². The number of halogens is 1. The lowest BCUT2D eigenvalue weighted by molar-refractivity contribution is 0.534. The number of aryl methyl sites for hydroxylation is 1. The van der Waals surface area contributed by atoms with Crippen LogP contribution in [0, 0.1) is 12.7 Å². The average Bonchev–Trinajstić information content (AvgIpc) is 2.46. The summed E-state index contributed by atoms with van der Waals surface area (Å²) in [5.74, 6) is 0.464. The predicted molar refractivity (Wildman–Crippen MR) is 81.6 cm³/mol. The Hall–Kier alpha value is -1.83. The summed E-state index contributed by atoms with van der Waals surface area (Å²) in [6, 6.07) is 14.2. The third-order valence-electron chi connectivity index (χ3n) is 4.30. The first kappa shape index (κ1) is 13.2. The van der Waals surface area contributed by atoms with Crippen molar-refractivity contribution in [2.75, 3.05) is 5.32 Å². The highest BCUT2D eigenvalue weighted by atomic mass is 19.1. The fraction of sp³-hybridized carbons (Fsp3) is 0.333. The standard InChI is InChI=1S/C18H20FN/c1-12-8-10-18(16-6-4-3-5-15(12)16)20-14-9-7-13(2)17(19)11-14/h3-7,9,11-12,18,20H,8,10H2,1-2H3. The van der Waals surface area contributed by atoms with Crippen molar-refractivity contribution in [3.8, 4) is 0 Å². The molecule has 1 aliphatic rings. The highest BCUT2D eigenvalue weighted by Crippen LogP contribution is 2.38. The molecule has 2 aromatic carbocycles. The van der Waals surface area contributed by atoms with Crippen molar-refractivity contribution in [1.29, 1.82) is 0 Å². The molecule has 3 rings (SSSR count). The maximum Gasteiger partial charge on any atom is 0.128 e. The number of hydrogen-bond donors (Lipinski definition) is 1. The predicted octanol–water partition coefficient (Wildman–Crippen LogP) is 5.18. The average molecular weight is 269 g/mol. The van der Waals surface area contributed by atoms with Gasteiger partial charge >= 0.3 is 0 Å². The van der Waals surface area contributed by atoms with E-state index in [2.05, 4.69) is 36.5 Å². The molecule has 0 aliphatic heterocycles. The number of rotatable bonds is 2. The summed E-state index contributed by atoms with van der Waals surface area (Å²) in [5, 5.41) is 3.49. The smallest absolute Gasteiger partial charge is 0.128 e. The van der Waals surface area contributed by atoms with Gasteiger partial charge in [-0.1, -0.05) is 37.3 Å². The molecule has 0 saturated carbocycles. The minimum Gasteiger partial charge on any atom is -0.378 e. The van der Waals surface area contributed by atoms with Crippen molar-refractivity contribution in [3.63, 3.8) is 0 Å². The fourth-order valence-corrected chi connectivity index (χ4v) is 3.04. The highest BCUT2D eigenvalue weighted by molar-refractivity contribution is 5.49. The lowest BCUT2D eigenvalue weighted by atomic mass is 9.81. The van der Waals surface area contributed by atoms with E-state index in [-0.39, 0.29) is 11.9 Å². The van der Waals surface area contributed by atoms with Crippen molar-refractivity contribution in [2.45, 2.75) is 38.6 Å². The van der Waals surface area contributed by atoms with E-state index in [1.165, 1.54) is 17.5 Å². The second-order valence-corrected chi connectivity index (χ2v) is 5.77. The van der Waals surface area contributed by atoms with Crippen LogP contribution in [0.2, 0.25) is 0 Å². The molecule has 104 valence electrons. The Labute approximate surface area is 119 Å². The van der Waals surface area contributed by atoms with Crippen molar-refractivity contribution in [3.05, 3.63) is 65.0 Å². The van der Waals surface area contributed by atoms with E-state index in [4.69, 9.17) is 0 Å². The van der Waals surface area contributed by atoms with Gasteiger partial charge in [-0.15, -0.1) is 0 Å². The van der Waals surface area contributed by atoms with Gasteiger partial charge in [-0.3, -0.25) is 0 Å². The van der Waals surface area contributed by atoms with Crippen molar-refractivity contribution < 1.29 is 4.39 Å². The SMILES string of the molecule is Cc1ccc(NC2CCC(C)c3ccccc32)cc1F. The molecule has 0 aromatic heterocycles. The zero-order valence-corrected chi connectivity index (χ0v) is 12.0. The van der Waals surface area contributed by atoms with Crippen LogP contribution in [0.15, 0.2) is 42.5 Å². The van der Waals surface area contributed by atoms with Crippen LogP contribution in [0.1, 0.15) is 48.4 Å². The zero-order valence-electron chi connectivity index (χ0n) is 12.0. The molecule has 1 aliphatic carbocycles. The molecule has 20 heavy (non-hydrogen) atoms. The van der Waals surface area contributed by atoms with Gasteiger partial charge in [0.15, 0.2) is 0 Å². The first-order valence-electron chi connectivity index (χ1n) is 7.26. The Kier molecular flexibility index (Phi) is 3.47. The normalized spacial score (nSPS) is 21.4. The second-order valence-electron chi connectivity index (χ2n) is 5.77. The summed E-state index contributed by atoms with van der Waals surface area (Å²) < 4.78 is 13.7. The molecular formula is C18H20FN. The molecule has 2 heteroatoms. The molecule has 2 unspecified atom stereocenters. The number of nitrogens with one attached hydrogen (secondary N) is 1. The van der Waals surface area contributed by atoms with Gasteiger partial charge in [0.25, 0.3) is 0 Å². The molecule has 2 aromatic rings. The van der Waals surface area contributed by atoms with E-state index in [1.807, 2.05) is 12.1 Å². The van der Waals surface area contributed by atoms with Gasteiger partial charge in [0.05, 0.1) is 6.04 Å². The second kappa shape index (κ2) is 5.28. The Bertz CT molecular complexity index is 621. The summed E-state index contributed by atoms with van der Waals surface area (Å²) in [5.41, 5.74) is 4.33. The van der Waals surface area contributed by atoms with E-state index in [9.17, 15) is 4.39 Å². The van der Waals surface area contributed by atoms with E-state index in [0.29, 0.717) is 11.5 Å². The minimum atomic E-state index is -0.146. The van der Waals surface area contributed by atoms with Gasteiger partial charge in [-0.25, -0.2) is 4.39 Å². The third kappa shape index (κ3) is 2.43. The Morgan fingerprint density at radius 2 is 1.80 bits per heavy atom. The number of anilines is 1. The van der Waals surface area contributed by atoms with Gasteiger partial charge in [-0.05, 0) is 54.5 Å². The summed E-state index contributed by atoms with van der Waals surface area (Å²) >= 11 is 0. The summed E-state index contributed by atoms with van der Waals surface area (Å²) in [4.78, 5) is 0. The molecular weight excluding hydrogens is 249 g/mol. The van der Waals surface area contributed by atoms with Gasteiger partial charge in [0.2, 0.25) is 0 Å². The fourth-order valence-electron chi connectivity index (χ4n) is 3.04. The quantitative estimate of drug-likeness (QED) is 0.791. The number of hydrogen-bond acceptors (Lipinski definition) is 1. The molecule has 0 saturated heterocycles. The Balaban J connectivity index is 1.88. The highest BCUT2D eigenvalue weighted by Gasteiger charge is 2.24. The maximum absolute atomic E-state index is 13.7. The molecule has 0 spiro atoms. The van der Waals surface area contributed by atoms with Crippen LogP contribution in [-0.4, -0.2) is 0 Å². The van der Waals surface area contributed by atoms with E-state index < -0.39 is 0 Å². The van der Waals surface area contributed by atoms with Crippen LogP contribution in [0.5, 0.6) is 0 Å². The first-order chi connectivity index (χ1) is 9.65. The van der Waals surface area contributed by atoms with Crippen LogP contribution >= 0.6 is 0 Å². The summed E-state index contributed by atoms with van der Waals surface area (Å²) in [6.45, 7) is 4.07. The number of fused-ring (bicyclic) bond motifs is 1. The maximum atomic E-state index is 13.7. The minimum absolute atomic E-state index is 0.146. The summed E-state index contributed by atoms with van der Waals surface area (Å²) in [7, 11) is 0. The van der Waals surface area contributed by atoms with E-state index in [1.54, 1.807) is 13.0 Å². The molecule has 0 radical (unpaired) electrons. The van der Waals surface area contributed by atoms with Crippen LogP contribution in [0.25, 0.3) is 0 Å². The molecule has 1 N–H and O–H groups in total. The van der Waals surface area contributed by atoms with Crippen molar-refractivity contribution >= 4 is 5.69 Å². The lowest BCUT2D eigenvalue weighted by Crippen LogP contribution is -2.19. The van der Waals surface area contributed by atoms with Crippen LogP contribution in [-0.2, 0) is 0 Å². The molecule has 0 bridgehead atoms. The van der Waals surface area contributed by atoms with Crippen molar-refractivity contribution in [1.82, 2.24) is 0 Å². The summed E-state index contributed by atoms with van der Waals surface area (Å²) in [6.07, 6.45) is 2.26. The Morgan fingerprint density at radius 3 is 2.55 bits per heavy atom. The zero-order chi connectivity index (χ0) is 14.1. The van der Waals surface area contributed by atoms with Crippen LogP contribution in [0.3, 0.4) is 0 Å². The van der Waals surface area contributed by atoms with Crippen LogP contribution in [0.4, 0.5) is 10.1 Å². The van der Waals surface area contributed by atoms with E-state index in [0.717, 1.165) is 12.1 Å². The van der Waals surface area contributed by atoms with Gasteiger partial charge in [-0.2, -0.15) is 0 Å². The number of benzene rings is 2. The Morgan fingerprint density at radius 1 is 1.05 bits per heavy atom. The van der Waals surface area contributed by atoms with Gasteiger partial charge in [0.1, 0.15) is 5.82 Å². The van der Waals surface area contributed by atoms with E-state index >= 15 is 0 Å². The lowest BCUT2D eigenvalue weighted by Gasteiger charge is -2.31. The molecule has 0 amide bonds. The monoisotopic (exact) mass is 269 g/mol. The van der Waals surface area contributed by atoms with Crippen molar-refractivity contribution in [2.24, 2.45) is 0 Å². The molecule has 2 atom stereocenters. The third-order valence-corrected chi connectivity index (χ3v) is 4.30. The molecule has 0 fully saturated rings. The van der Waals surface area contributed by atoms with Gasteiger partial charge < -0.3 is 5.32 Å². The first-order valence-corrected chi connectivity index (χ1v) is 7.26.